The van der Waals surface area contributed by atoms with Gasteiger partial charge in [0.15, 0.2) is 5.16 Å². The van der Waals surface area contributed by atoms with Crippen molar-refractivity contribution in [2.24, 2.45) is 5.73 Å². The van der Waals surface area contributed by atoms with Crippen molar-refractivity contribution in [1.82, 2.24) is 9.97 Å². The summed E-state index contributed by atoms with van der Waals surface area (Å²) in [7, 11) is 0. The molecule has 7 heteroatoms. The van der Waals surface area contributed by atoms with Crippen LogP contribution < -0.4 is 5.73 Å². The monoisotopic (exact) mass is 251 g/mol. The third-order valence-corrected chi connectivity index (χ3v) is 3.01. The third kappa shape index (κ3) is 3.97. The molecule has 0 spiro atoms. The lowest BCUT2D eigenvalue weighted by molar-refractivity contribution is -0.129. The molecule has 1 aromatic heterocycles. The number of aryl methyl sites for hydroxylation is 1. The number of nitrogens with two attached hydrogens (primary N) is 1. The minimum absolute atomic E-state index is 0.0109. The summed E-state index contributed by atoms with van der Waals surface area (Å²) >= 11 is 0.602. The van der Waals surface area contributed by atoms with Crippen molar-refractivity contribution in [1.29, 1.82) is 0 Å². The zero-order valence-corrected chi connectivity index (χ0v) is 9.48. The van der Waals surface area contributed by atoms with Crippen LogP contribution in [0, 0.1) is 6.92 Å². The minimum atomic E-state index is -4.28. The number of halogens is 3. The van der Waals surface area contributed by atoms with Crippen molar-refractivity contribution >= 4 is 11.8 Å². The van der Waals surface area contributed by atoms with Gasteiger partial charge in [0.2, 0.25) is 0 Å². The van der Waals surface area contributed by atoms with E-state index in [4.69, 9.17) is 5.73 Å². The predicted octanol–water partition coefficient (Wildman–Crippen LogP) is 2.16. The molecular formula is C9H12F3N3S. The molecule has 1 rings (SSSR count). The Labute approximate surface area is 95.7 Å². The quantitative estimate of drug-likeness (QED) is 0.658. The molecule has 0 amide bonds. The second kappa shape index (κ2) is 5.49. The molecular weight excluding hydrogens is 239 g/mol. The molecule has 0 bridgehead atoms. The lowest BCUT2D eigenvalue weighted by Gasteiger charge is -2.17. The van der Waals surface area contributed by atoms with Crippen LogP contribution in [0.15, 0.2) is 17.6 Å². The fourth-order valence-corrected chi connectivity index (χ4v) is 1.88. The van der Waals surface area contributed by atoms with E-state index in [0.29, 0.717) is 11.8 Å². The molecule has 0 aliphatic heterocycles. The van der Waals surface area contributed by atoms with Crippen LogP contribution in [0.1, 0.15) is 12.0 Å². The highest BCUT2D eigenvalue weighted by molar-refractivity contribution is 7.99. The summed E-state index contributed by atoms with van der Waals surface area (Å²) in [6.07, 6.45) is -1.43. The molecule has 1 aromatic rings. The van der Waals surface area contributed by atoms with Gasteiger partial charge in [0.1, 0.15) is 5.25 Å². The predicted molar refractivity (Wildman–Crippen MR) is 56.1 cm³/mol. The van der Waals surface area contributed by atoms with E-state index in [2.05, 4.69) is 9.97 Å². The van der Waals surface area contributed by atoms with Crippen molar-refractivity contribution in [2.45, 2.75) is 29.9 Å². The molecule has 16 heavy (non-hydrogen) atoms. The summed E-state index contributed by atoms with van der Waals surface area (Å²) < 4.78 is 37.6. The highest BCUT2D eigenvalue weighted by Gasteiger charge is 2.40. The number of aromatic nitrogens is 2. The molecule has 0 radical (unpaired) electrons. The highest BCUT2D eigenvalue weighted by atomic mass is 32.2. The SMILES string of the molecule is Cc1cnc(SC(CCN)C(F)(F)F)nc1. The van der Waals surface area contributed by atoms with E-state index < -0.39 is 11.4 Å². The molecule has 2 N–H and O–H groups in total. The fraction of sp³-hybridized carbons (Fsp3) is 0.556. The molecule has 1 heterocycles. The van der Waals surface area contributed by atoms with Gasteiger partial charge < -0.3 is 5.73 Å². The lowest BCUT2D eigenvalue weighted by atomic mass is 10.3. The van der Waals surface area contributed by atoms with Crippen LogP contribution in [0.3, 0.4) is 0 Å². The topological polar surface area (TPSA) is 51.8 Å². The van der Waals surface area contributed by atoms with Crippen LogP contribution in [-0.2, 0) is 0 Å². The van der Waals surface area contributed by atoms with Crippen molar-refractivity contribution < 1.29 is 13.2 Å². The van der Waals surface area contributed by atoms with Gasteiger partial charge in [0, 0.05) is 12.4 Å². The Hall–Kier alpha value is -0.820. The first-order valence-electron chi connectivity index (χ1n) is 4.65. The number of hydrogen-bond acceptors (Lipinski definition) is 4. The fourth-order valence-electron chi connectivity index (χ4n) is 1.01. The Kier molecular flexibility index (Phi) is 4.55. The van der Waals surface area contributed by atoms with Crippen molar-refractivity contribution in [3.63, 3.8) is 0 Å². The van der Waals surface area contributed by atoms with Gasteiger partial charge in [-0.15, -0.1) is 0 Å². The molecule has 0 aromatic carbocycles. The van der Waals surface area contributed by atoms with E-state index in [-0.39, 0.29) is 18.1 Å². The standard InChI is InChI=1S/C9H12F3N3S/c1-6-4-14-8(15-5-6)16-7(2-3-13)9(10,11)12/h4-5,7H,2-3,13H2,1H3. The maximum Gasteiger partial charge on any atom is 0.401 e. The Morgan fingerprint density at radius 1 is 1.38 bits per heavy atom. The van der Waals surface area contributed by atoms with Crippen LogP contribution >= 0.6 is 11.8 Å². The van der Waals surface area contributed by atoms with Crippen LogP contribution in [0.5, 0.6) is 0 Å². The van der Waals surface area contributed by atoms with Gasteiger partial charge >= 0.3 is 6.18 Å². The number of rotatable bonds is 4. The van der Waals surface area contributed by atoms with Crippen LogP contribution in [0.4, 0.5) is 13.2 Å². The number of alkyl halides is 3. The molecule has 1 atom stereocenters. The second-order valence-corrected chi connectivity index (χ2v) is 4.44. The van der Waals surface area contributed by atoms with Gasteiger partial charge in [-0.05, 0) is 25.5 Å². The first kappa shape index (κ1) is 13.2. The first-order chi connectivity index (χ1) is 7.43. The lowest BCUT2D eigenvalue weighted by Crippen LogP contribution is -2.28. The van der Waals surface area contributed by atoms with Gasteiger partial charge in [-0.2, -0.15) is 13.2 Å². The van der Waals surface area contributed by atoms with E-state index in [1.54, 1.807) is 6.92 Å². The molecule has 0 saturated carbocycles. The maximum absolute atomic E-state index is 12.5. The zero-order chi connectivity index (χ0) is 12.2. The summed E-state index contributed by atoms with van der Waals surface area (Å²) in [6, 6.07) is 0. The van der Waals surface area contributed by atoms with E-state index in [9.17, 15) is 13.2 Å². The minimum Gasteiger partial charge on any atom is -0.330 e. The molecule has 0 aliphatic rings. The second-order valence-electron chi connectivity index (χ2n) is 3.27. The Morgan fingerprint density at radius 3 is 2.38 bits per heavy atom. The summed E-state index contributed by atoms with van der Waals surface area (Å²) in [4.78, 5) is 7.65. The average Bonchev–Trinajstić information content (AvgIpc) is 2.19. The summed E-state index contributed by atoms with van der Waals surface area (Å²) in [5.41, 5.74) is 5.96. The maximum atomic E-state index is 12.5. The Balaban J connectivity index is 2.72. The smallest absolute Gasteiger partial charge is 0.330 e. The highest BCUT2D eigenvalue weighted by Crippen LogP contribution is 2.35. The van der Waals surface area contributed by atoms with E-state index >= 15 is 0 Å². The number of hydrogen-bond donors (Lipinski definition) is 1. The molecule has 0 aliphatic carbocycles. The number of thioether (sulfide) groups is 1. The van der Waals surface area contributed by atoms with Crippen LogP contribution in [-0.4, -0.2) is 27.9 Å². The molecule has 1 unspecified atom stereocenters. The van der Waals surface area contributed by atoms with E-state index in [1.807, 2.05) is 0 Å². The molecule has 3 nitrogen and oxygen atoms in total. The van der Waals surface area contributed by atoms with Crippen molar-refractivity contribution in [3.05, 3.63) is 18.0 Å². The third-order valence-electron chi connectivity index (χ3n) is 1.80. The van der Waals surface area contributed by atoms with Crippen molar-refractivity contribution in [2.75, 3.05) is 6.54 Å². The molecule has 0 fully saturated rings. The molecule has 0 saturated heterocycles. The molecule has 90 valence electrons. The van der Waals surface area contributed by atoms with Gasteiger partial charge in [-0.25, -0.2) is 9.97 Å². The van der Waals surface area contributed by atoms with Crippen LogP contribution in [0.2, 0.25) is 0 Å². The van der Waals surface area contributed by atoms with Gasteiger partial charge in [0.05, 0.1) is 0 Å². The first-order valence-corrected chi connectivity index (χ1v) is 5.53. The largest absolute Gasteiger partial charge is 0.401 e. The summed E-state index contributed by atoms with van der Waals surface area (Å²) in [5.74, 6) is 0. The van der Waals surface area contributed by atoms with Crippen molar-refractivity contribution in [3.8, 4) is 0 Å². The van der Waals surface area contributed by atoms with Gasteiger partial charge in [0.25, 0.3) is 0 Å². The Morgan fingerprint density at radius 2 is 1.94 bits per heavy atom. The Bertz CT molecular complexity index is 326. The van der Waals surface area contributed by atoms with Gasteiger partial charge in [-0.3, -0.25) is 0 Å². The normalized spacial score (nSPS) is 13.8. The zero-order valence-electron chi connectivity index (χ0n) is 8.66. The summed E-state index contributed by atoms with van der Waals surface area (Å²) in [5, 5.41) is -1.42. The average molecular weight is 251 g/mol. The number of nitrogens with zero attached hydrogens (tertiary/aromatic N) is 2. The van der Waals surface area contributed by atoms with Gasteiger partial charge in [-0.1, -0.05) is 11.8 Å². The van der Waals surface area contributed by atoms with E-state index in [0.717, 1.165) is 5.56 Å². The summed E-state index contributed by atoms with van der Waals surface area (Å²) in [6.45, 7) is 1.76. The van der Waals surface area contributed by atoms with Crippen LogP contribution in [0.25, 0.3) is 0 Å². The van der Waals surface area contributed by atoms with E-state index in [1.165, 1.54) is 12.4 Å².